The summed E-state index contributed by atoms with van der Waals surface area (Å²) in [6.07, 6.45) is 4.48. The quantitative estimate of drug-likeness (QED) is 0.278. The molecule has 138 valence electrons. The van der Waals surface area contributed by atoms with Crippen molar-refractivity contribution in [3.63, 3.8) is 0 Å². The number of rotatable bonds is 7. The first-order chi connectivity index (χ1) is 13.1. The van der Waals surface area contributed by atoms with Crippen LogP contribution in [0.2, 0.25) is 0 Å². The highest BCUT2D eigenvalue weighted by molar-refractivity contribution is 8.00. The average Bonchev–Trinajstić information content (AvgIpc) is 3.36. The van der Waals surface area contributed by atoms with Crippen molar-refractivity contribution in [3.05, 3.63) is 65.6 Å². The Morgan fingerprint density at radius 1 is 1.26 bits per heavy atom. The SMILES string of the molecule is COC(=O)c1ccc(CSc2nnc(NC(=O)/C=C/c3ccco3)s2)cc1. The van der Waals surface area contributed by atoms with Crippen LogP contribution in [0.25, 0.3) is 6.08 Å². The molecule has 0 saturated heterocycles. The second-order valence-electron chi connectivity index (χ2n) is 5.19. The molecule has 0 aliphatic heterocycles. The smallest absolute Gasteiger partial charge is 0.337 e. The van der Waals surface area contributed by atoms with Crippen LogP contribution < -0.4 is 5.32 Å². The molecular weight excluding hydrogens is 386 g/mol. The van der Waals surface area contributed by atoms with Gasteiger partial charge in [-0.25, -0.2) is 4.79 Å². The van der Waals surface area contributed by atoms with Crippen molar-refractivity contribution in [2.75, 3.05) is 12.4 Å². The molecular formula is C18H15N3O4S2. The second-order valence-corrected chi connectivity index (χ2v) is 7.39. The minimum atomic E-state index is -0.361. The van der Waals surface area contributed by atoms with Gasteiger partial charge in [0.25, 0.3) is 0 Å². The Balaban J connectivity index is 1.50. The number of carbonyl (C=O) groups is 2. The van der Waals surface area contributed by atoms with E-state index in [0.29, 0.717) is 22.2 Å². The molecule has 1 N–H and O–H groups in total. The first-order valence-corrected chi connectivity index (χ1v) is 9.60. The van der Waals surface area contributed by atoms with Crippen LogP contribution in [0, 0.1) is 0 Å². The first kappa shape index (κ1) is 18.9. The number of hydrogen-bond donors (Lipinski definition) is 1. The number of aromatic nitrogens is 2. The van der Waals surface area contributed by atoms with Crippen LogP contribution in [-0.4, -0.2) is 29.2 Å². The highest BCUT2D eigenvalue weighted by Gasteiger charge is 2.08. The minimum Gasteiger partial charge on any atom is -0.465 e. The highest BCUT2D eigenvalue weighted by Crippen LogP contribution is 2.28. The molecule has 0 bridgehead atoms. The zero-order valence-corrected chi connectivity index (χ0v) is 15.9. The number of esters is 1. The lowest BCUT2D eigenvalue weighted by molar-refractivity contribution is -0.111. The molecule has 3 rings (SSSR count). The fourth-order valence-corrected chi connectivity index (χ4v) is 3.72. The summed E-state index contributed by atoms with van der Waals surface area (Å²) >= 11 is 2.79. The maximum Gasteiger partial charge on any atom is 0.337 e. The van der Waals surface area contributed by atoms with Crippen molar-refractivity contribution < 1.29 is 18.7 Å². The van der Waals surface area contributed by atoms with E-state index >= 15 is 0 Å². The molecule has 27 heavy (non-hydrogen) atoms. The average molecular weight is 401 g/mol. The van der Waals surface area contributed by atoms with Crippen LogP contribution >= 0.6 is 23.1 Å². The normalized spacial score (nSPS) is 10.9. The molecule has 2 aromatic heterocycles. The number of anilines is 1. The van der Waals surface area contributed by atoms with Crippen LogP contribution in [0.3, 0.4) is 0 Å². The third-order valence-corrected chi connectivity index (χ3v) is 5.36. The summed E-state index contributed by atoms with van der Waals surface area (Å²) in [5.41, 5.74) is 1.55. The number of amides is 1. The van der Waals surface area contributed by atoms with Crippen molar-refractivity contribution in [2.24, 2.45) is 0 Å². The van der Waals surface area contributed by atoms with Gasteiger partial charge in [0, 0.05) is 11.8 Å². The van der Waals surface area contributed by atoms with E-state index in [9.17, 15) is 9.59 Å². The van der Waals surface area contributed by atoms with Gasteiger partial charge in [-0.2, -0.15) is 0 Å². The second kappa shape index (κ2) is 9.15. The Kier molecular flexibility index (Phi) is 6.39. The first-order valence-electron chi connectivity index (χ1n) is 7.80. The zero-order valence-electron chi connectivity index (χ0n) is 14.2. The fourth-order valence-electron chi connectivity index (χ4n) is 2.01. The van der Waals surface area contributed by atoms with E-state index in [0.717, 1.165) is 9.90 Å². The molecule has 0 aliphatic rings. The van der Waals surface area contributed by atoms with Gasteiger partial charge in [0.2, 0.25) is 11.0 Å². The van der Waals surface area contributed by atoms with Gasteiger partial charge in [0.05, 0.1) is 18.9 Å². The van der Waals surface area contributed by atoms with Crippen LogP contribution in [0.5, 0.6) is 0 Å². The molecule has 9 heteroatoms. The number of furan rings is 1. The van der Waals surface area contributed by atoms with Crippen LogP contribution in [0.4, 0.5) is 5.13 Å². The van der Waals surface area contributed by atoms with Crippen molar-refractivity contribution in [3.8, 4) is 0 Å². The molecule has 0 unspecified atom stereocenters. The summed E-state index contributed by atoms with van der Waals surface area (Å²) in [4.78, 5) is 23.3. The Hall–Kier alpha value is -2.91. The van der Waals surface area contributed by atoms with Crippen molar-refractivity contribution >= 4 is 46.2 Å². The topological polar surface area (TPSA) is 94.3 Å². The predicted octanol–water partition coefficient (Wildman–Crippen LogP) is 3.86. The third-order valence-electron chi connectivity index (χ3n) is 3.32. The number of methoxy groups -OCH3 is 1. The highest BCUT2D eigenvalue weighted by atomic mass is 32.2. The zero-order chi connectivity index (χ0) is 19.1. The molecule has 0 saturated carbocycles. The molecule has 3 aromatic rings. The summed E-state index contributed by atoms with van der Waals surface area (Å²) in [7, 11) is 1.35. The number of carbonyl (C=O) groups excluding carboxylic acids is 2. The Morgan fingerprint density at radius 3 is 2.78 bits per heavy atom. The molecule has 7 nitrogen and oxygen atoms in total. The Morgan fingerprint density at radius 2 is 2.07 bits per heavy atom. The number of benzene rings is 1. The lowest BCUT2D eigenvalue weighted by atomic mass is 10.1. The molecule has 0 fully saturated rings. The lowest BCUT2D eigenvalue weighted by Crippen LogP contribution is -2.07. The summed E-state index contributed by atoms with van der Waals surface area (Å²) in [5, 5.41) is 11.1. The largest absolute Gasteiger partial charge is 0.465 e. The maximum atomic E-state index is 11.9. The summed E-state index contributed by atoms with van der Waals surface area (Å²) in [6.45, 7) is 0. The number of nitrogens with one attached hydrogen (secondary N) is 1. The van der Waals surface area contributed by atoms with Crippen molar-refractivity contribution in [1.82, 2.24) is 10.2 Å². The van der Waals surface area contributed by atoms with Crippen LogP contribution in [-0.2, 0) is 15.3 Å². The van der Waals surface area contributed by atoms with E-state index < -0.39 is 0 Å². The van der Waals surface area contributed by atoms with Gasteiger partial charge in [-0.15, -0.1) is 10.2 Å². The Bertz CT molecular complexity index is 934. The van der Waals surface area contributed by atoms with E-state index in [1.807, 2.05) is 12.1 Å². The molecule has 1 aromatic carbocycles. The van der Waals surface area contributed by atoms with Gasteiger partial charge in [-0.05, 0) is 35.9 Å². The van der Waals surface area contributed by atoms with Gasteiger partial charge in [0.1, 0.15) is 5.76 Å². The van der Waals surface area contributed by atoms with E-state index in [2.05, 4.69) is 20.3 Å². The summed E-state index contributed by atoms with van der Waals surface area (Å²) < 4.78 is 10.5. The van der Waals surface area contributed by atoms with Crippen LogP contribution in [0.15, 0.2) is 57.5 Å². The van der Waals surface area contributed by atoms with Crippen molar-refractivity contribution in [1.29, 1.82) is 0 Å². The van der Waals surface area contributed by atoms with E-state index in [-0.39, 0.29) is 11.9 Å². The number of thioether (sulfide) groups is 1. The number of nitrogens with zero attached hydrogens (tertiary/aromatic N) is 2. The minimum absolute atomic E-state index is 0.308. The Labute approximate surface area is 163 Å². The number of hydrogen-bond acceptors (Lipinski definition) is 8. The van der Waals surface area contributed by atoms with Crippen molar-refractivity contribution in [2.45, 2.75) is 10.1 Å². The number of ether oxygens (including phenoxy) is 1. The van der Waals surface area contributed by atoms with E-state index in [4.69, 9.17) is 4.42 Å². The molecule has 0 radical (unpaired) electrons. The fraction of sp³-hybridized carbons (Fsp3) is 0.111. The molecule has 2 heterocycles. The van der Waals surface area contributed by atoms with E-state index in [1.165, 1.54) is 42.5 Å². The molecule has 0 aliphatic carbocycles. The van der Waals surface area contributed by atoms with E-state index in [1.54, 1.807) is 30.3 Å². The standard InChI is InChI=1S/C18H15N3O4S2/c1-24-16(23)13-6-4-12(5-7-13)11-26-18-21-20-17(27-18)19-15(22)9-8-14-3-2-10-25-14/h2-10H,11H2,1H3,(H,19,20,22)/b9-8+. The third kappa shape index (κ3) is 5.53. The van der Waals surface area contributed by atoms with Gasteiger partial charge in [-0.1, -0.05) is 35.2 Å². The molecule has 1 amide bonds. The maximum absolute atomic E-state index is 11.9. The lowest BCUT2D eigenvalue weighted by Gasteiger charge is -2.01. The monoisotopic (exact) mass is 401 g/mol. The van der Waals surface area contributed by atoms with Gasteiger partial charge in [-0.3, -0.25) is 10.1 Å². The van der Waals surface area contributed by atoms with Crippen LogP contribution in [0.1, 0.15) is 21.7 Å². The summed E-state index contributed by atoms with van der Waals surface area (Å²) in [6, 6.07) is 10.7. The van der Waals surface area contributed by atoms with Gasteiger partial charge < -0.3 is 9.15 Å². The summed E-state index contributed by atoms with van der Waals surface area (Å²) in [5.74, 6) is 0.594. The van der Waals surface area contributed by atoms with Gasteiger partial charge in [0.15, 0.2) is 4.34 Å². The predicted molar refractivity (Wildman–Crippen MR) is 104 cm³/mol. The molecule has 0 spiro atoms. The van der Waals surface area contributed by atoms with Gasteiger partial charge >= 0.3 is 5.97 Å². The molecule has 0 atom stereocenters.